The van der Waals surface area contributed by atoms with Gasteiger partial charge in [0.05, 0.1) is 30.2 Å². The maximum atomic E-state index is 12.6. The summed E-state index contributed by atoms with van der Waals surface area (Å²) in [6.07, 6.45) is 0.678. The normalized spacial score (nSPS) is 12.9. The van der Waals surface area contributed by atoms with Gasteiger partial charge in [-0.15, -0.1) is 0 Å². The number of carbonyl (C=O) groups excluding carboxylic acids is 2. The molecule has 0 aliphatic carbocycles. The van der Waals surface area contributed by atoms with Gasteiger partial charge in [0.2, 0.25) is 15.9 Å². The van der Waals surface area contributed by atoms with E-state index in [9.17, 15) is 18.0 Å². The molecule has 0 saturated heterocycles. The molecule has 2 N–H and O–H groups in total. The van der Waals surface area contributed by atoms with Crippen LogP contribution in [-0.4, -0.2) is 52.2 Å². The molecule has 3 rings (SSSR count). The third kappa shape index (κ3) is 5.10. The van der Waals surface area contributed by atoms with Crippen molar-refractivity contribution in [2.45, 2.75) is 13.3 Å². The van der Waals surface area contributed by atoms with Crippen molar-refractivity contribution >= 4 is 27.5 Å². The summed E-state index contributed by atoms with van der Waals surface area (Å²) in [7, 11) is -3.54. The summed E-state index contributed by atoms with van der Waals surface area (Å²) in [6.45, 7) is 2.35. The smallest absolute Gasteiger partial charge is 0.255 e. The number of ether oxygens (including phenoxy) is 1. The molecule has 0 unspecified atom stereocenters. The molecule has 0 saturated carbocycles. The molecule has 0 fully saturated rings. The topological polar surface area (TPSA) is 105 Å². The number of para-hydroxylation sites is 2. The number of hydrogen-bond donors (Lipinski definition) is 2. The second-order valence-corrected chi connectivity index (χ2v) is 8.74. The van der Waals surface area contributed by atoms with Crippen LogP contribution in [0.5, 0.6) is 5.75 Å². The van der Waals surface area contributed by atoms with E-state index in [4.69, 9.17) is 4.74 Å². The van der Waals surface area contributed by atoms with Crippen LogP contribution in [0.25, 0.3) is 0 Å². The van der Waals surface area contributed by atoms with Gasteiger partial charge in [-0.3, -0.25) is 13.9 Å². The van der Waals surface area contributed by atoms with Crippen molar-refractivity contribution in [1.29, 1.82) is 0 Å². The van der Waals surface area contributed by atoms with Crippen molar-refractivity contribution in [3.05, 3.63) is 59.7 Å². The Morgan fingerprint density at radius 2 is 1.80 bits per heavy atom. The highest BCUT2D eigenvalue weighted by Crippen LogP contribution is 2.29. The number of hydrogen-bond acceptors (Lipinski definition) is 5. The van der Waals surface area contributed by atoms with Gasteiger partial charge < -0.3 is 15.4 Å². The lowest BCUT2D eigenvalue weighted by Gasteiger charge is -2.19. The number of fused-ring (bicyclic) bond motifs is 1. The molecule has 1 heterocycles. The maximum absolute atomic E-state index is 12.6. The standard InChI is InChI=1S/C21H25N3O5S/c1-2-29-19-10-6-4-8-17(19)21(26)23-15-20(25)22-12-14-30(27,28)24-13-11-16-7-3-5-9-18(16)24/h3-10H,2,11-15H2,1H3,(H,22,25)(H,23,26). The molecule has 0 atom stereocenters. The molecule has 9 heteroatoms. The highest BCUT2D eigenvalue weighted by atomic mass is 32.2. The van der Waals surface area contributed by atoms with Gasteiger partial charge in [0.15, 0.2) is 0 Å². The Morgan fingerprint density at radius 1 is 1.07 bits per heavy atom. The lowest BCUT2D eigenvalue weighted by Crippen LogP contribution is -2.41. The second kappa shape index (κ2) is 9.62. The number of anilines is 1. The zero-order valence-electron chi connectivity index (χ0n) is 16.8. The first-order valence-electron chi connectivity index (χ1n) is 9.77. The quantitative estimate of drug-likeness (QED) is 0.623. The van der Waals surface area contributed by atoms with Crippen LogP contribution in [0.2, 0.25) is 0 Å². The van der Waals surface area contributed by atoms with E-state index in [2.05, 4.69) is 10.6 Å². The first kappa shape index (κ1) is 21.6. The average Bonchev–Trinajstić information content (AvgIpc) is 3.18. The minimum atomic E-state index is -3.54. The van der Waals surface area contributed by atoms with Gasteiger partial charge >= 0.3 is 0 Å². The molecule has 0 radical (unpaired) electrons. The molecule has 0 spiro atoms. The Kier molecular flexibility index (Phi) is 6.94. The Balaban J connectivity index is 1.47. The highest BCUT2D eigenvalue weighted by Gasteiger charge is 2.28. The van der Waals surface area contributed by atoms with Crippen LogP contribution >= 0.6 is 0 Å². The van der Waals surface area contributed by atoms with E-state index >= 15 is 0 Å². The summed E-state index contributed by atoms with van der Waals surface area (Å²) < 4.78 is 32.0. The summed E-state index contributed by atoms with van der Waals surface area (Å²) in [5.41, 5.74) is 2.03. The lowest BCUT2D eigenvalue weighted by atomic mass is 10.2. The summed E-state index contributed by atoms with van der Waals surface area (Å²) in [4.78, 5) is 24.3. The fourth-order valence-electron chi connectivity index (χ4n) is 3.28. The third-order valence-electron chi connectivity index (χ3n) is 4.70. The highest BCUT2D eigenvalue weighted by molar-refractivity contribution is 7.92. The van der Waals surface area contributed by atoms with E-state index in [1.54, 1.807) is 36.4 Å². The molecular weight excluding hydrogens is 406 g/mol. The van der Waals surface area contributed by atoms with Crippen molar-refractivity contribution < 1.29 is 22.7 Å². The van der Waals surface area contributed by atoms with E-state index in [1.165, 1.54) is 4.31 Å². The van der Waals surface area contributed by atoms with Gasteiger partial charge in [0.25, 0.3) is 5.91 Å². The van der Waals surface area contributed by atoms with Crippen LogP contribution in [0.1, 0.15) is 22.8 Å². The van der Waals surface area contributed by atoms with Crippen LogP contribution in [0.4, 0.5) is 5.69 Å². The molecule has 160 valence electrons. The Labute approximate surface area is 176 Å². The van der Waals surface area contributed by atoms with Gasteiger partial charge in [-0.05, 0) is 37.1 Å². The zero-order chi connectivity index (χ0) is 21.6. The molecule has 0 bridgehead atoms. The minimum Gasteiger partial charge on any atom is -0.493 e. The fraction of sp³-hybridized carbons (Fsp3) is 0.333. The Hall–Kier alpha value is -3.07. The summed E-state index contributed by atoms with van der Waals surface area (Å²) in [5, 5.41) is 5.06. The monoisotopic (exact) mass is 431 g/mol. The predicted molar refractivity (Wildman–Crippen MR) is 114 cm³/mol. The van der Waals surface area contributed by atoms with Crippen molar-refractivity contribution in [2.24, 2.45) is 0 Å². The van der Waals surface area contributed by atoms with Crippen molar-refractivity contribution in [1.82, 2.24) is 10.6 Å². The van der Waals surface area contributed by atoms with Gasteiger partial charge in [-0.25, -0.2) is 8.42 Å². The SMILES string of the molecule is CCOc1ccccc1C(=O)NCC(=O)NCCS(=O)(=O)N1CCc2ccccc21. The van der Waals surface area contributed by atoms with Crippen LogP contribution in [0.3, 0.4) is 0 Å². The van der Waals surface area contributed by atoms with Gasteiger partial charge in [-0.2, -0.15) is 0 Å². The summed E-state index contributed by atoms with van der Waals surface area (Å²) in [5.74, 6) is -0.673. The molecule has 1 aliphatic heterocycles. The molecule has 8 nitrogen and oxygen atoms in total. The molecule has 2 amide bonds. The number of rotatable bonds is 9. The first-order valence-corrected chi connectivity index (χ1v) is 11.4. The number of amides is 2. The lowest BCUT2D eigenvalue weighted by molar-refractivity contribution is -0.120. The van der Waals surface area contributed by atoms with Crippen molar-refractivity contribution in [3.8, 4) is 5.75 Å². The molecule has 1 aliphatic rings. The second-order valence-electron chi connectivity index (χ2n) is 6.73. The van der Waals surface area contributed by atoms with Gasteiger partial charge in [0, 0.05) is 13.1 Å². The minimum absolute atomic E-state index is 0.0365. The number of sulfonamides is 1. The molecule has 0 aromatic heterocycles. The maximum Gasteiger partial charge on any atom is 0.255 e. The molecule has 2 aromatic carbocycles. The average molecular weight is 432 g/mol. The fourth-order valence-corrected chi connectivity index (χ4v) is 4.71. The van der Waals surface area contributed by atoms with E-state index in [1.807, 2.05) is 19.1 Å². The van der Waals surface area contributed by atoms with Crippen LogP contribution in [0.15, 0.2) is 48.5 Å². The van der Waals surface area contributed by atoms with Crippen LogP contribution in [0, 0.1) is 0 Å². The van der Waals surface area contributed by atoms with Gasteiger partial charge in [-0.1, -0.05) is 30.3 Å². The van der Waals surface area contributed by atoms with E-state index in [-0.39, 0.29) is 18.8 Å². The van der Waals surface area contributed by atoms with Crippen LogP contribution < -0.4 is 19.7 Å². The largest absolute Gasteiger partial charge is 0.493 e. The van der Waals surface area contributed by atoms with Gasteiger partial charge in [0.1, 0.15) is 5.75 Å². The Morgan fingerprint density at radius 3 is 2.60 bits per heavy atom. The molecular formula is C21H25N3O5S. The van der Waals surface area contributed by atoms with Crippen LogP contribution in [-0.2, 0) is 21.2 Å². The number of nitrogens with one attached hydrogen (secondary N) is 2. The third-order valence-corrected chi connectivity index (χ3v) is 6.47. The molecule has 30 heavy (non-hydrogen) atoms. The van der Waals surface area contributed by atoms with Crippen molar-refractivity contribution in [2.75, 3.05) is 36.3 Å². The van der Waals surface area contributed by atoms with Crippen molar-refractivity contribution in [3.63, 3.8) is 0 Å². The number of carbonyl (C=O) groups is 2. The van der Waals surface area contributed by atoms with E-state index in [0.29, 0.717) is 36.6 Å². The number of benzene rings is 2. The Bertz CT molecular complexity index is 1020. The number of nitrogens with zero attached hydrogens (tertiary/aromatic N) is 1. The summed E-state index contributed by atoms with van der Waals surface area (Å²) in [6, 6.07) is 14.1. The zero-order valence-corrected chi connectivity index (χ0v) is 17.6. The summed E-state index contributed by atoms with van der Waals surface area (Å²) >= 11 is 0. The molecule has 2 aromatic rings. The predicted octanol–water partition coefficient (Wildman–Crippen LogP) is 1.32. The first-order chi connectivity index (χ1) is 14.4. The van der Waals surface area contributed by atoms with E-state index in [0.717, 1.165) is 5.56 Å². The van der Waals surface area contributed by atoms with E-state index < -0.39 is 21.8 Å².